The van der Waals surface area contributed by atoms with E-state index in [9.17, 15) is 14.7 Å². The van der Waals surface area contributed by atoms with Crippen LogP contribution in [0.1, 0.15) is 33.8 Å². The van der Waals surface area contributed by atoms with E-state index in [0.717, 1.165) is 5.56 Å². The van der Waals surface area contributed by atoms with Crippen LogP contribution in [-0.2, 0) is 11.2 Å². The first-order chi connectivity index (χ1) is 16.3. The normalized spacial score (nSPS) is 15.1. The van der Waals surface area contributed by atoms with Crippen molar-refractivity contribution < 1.29 is 53.7 Å². The molecule has 1 heterocycles. The number of aliphatic carboxylic acids is 1. The van der Waals surface area contributed by atoms with E-state index in [2.05, 4.69) is 5.32 Å². The summed E-state index contributed by atoms with van der Waals surface area (Å²) >= 11 is 18.6. The number of carbonyl (C=O) groups is 2. The van der Waals surface area contributed by atoms with E-state index in [0.29, 0.717) is 46.2 Å². The molecule has 0 spiro atoms. The molecular formula is C25H19Cl3NNaO5. The Balaban J connectivity index is 0.00000342. The fourth-order valence-electron chi connectivity index (χ4n) is 3.66. The number of amides is 1. The second-order valence-corrected chi connectivity index (χ2v) is 9.10. The third-order valence-corrected chi connectivity index (χ3v) is 6.12. The first kappa shape index (κ1) is 27.7. The molecule has 6 nitrogen and oxygen atoms in total. The molecule has 1 aliphatic heterocycles. The molecule has 1 N–H and O–H groups in total. The summed E-state index contributed by atoms with van der Waals surface area (Å²) < 4.78 is 11.4. The van der Waals surface area contributed by atoms with E-state index in [1.165, 1.54) is 6.07 Å². The van der Waals surface area contributed by atoms with Crippen LogP contribution in [0, 0.1) is 0 Å². The maximum Gasteiger partial charge on any atom is 1.00 e. The van der Waals surface area contributed by atoms with Gasteiger partial charge in [0, 0.05) is 40.5 Å². The predicted octanol–water partition coefficient (Wildman–Crippen LogP) is 1.94. The minimum Gasteiger partial charge on any atom is -0.549 e. The molecule has 2 atom stereocenters. The maximum atomic E-state index is 12.5. The zero-order valence-corrected chi connectivity index (χ0v) is 23.0. The molecule has 0 saturated heterocycles. The van der Waals surface area contributed by atoms with Gasteiger partial charge in [-0.1, -0.05) is 46.9 Å². The molecule has 0 aliphatic carbocycles. The smallest absolute Gasteiger partial charge is 0.549 e. The van der Waals surface area contributed by atoms with Crippen molar-refractivity contribution in [1.82, 2.24) is 5.32 Å². The SMILES string of the molecule is O=C(NC(Cl)Cc1cccc(Cl)c1)c1ccc(Oc2cc3c(cc2Cl)C(C(=O)[O-])CCO3)cc1.[Na+]. The van der Waals surface area contributed by atoms with E-state index < -0.39 is 17.4 Å². The number of hydrogen-bond donors (Lipinski definition) is 1. The second kappa shape index (κ2) is 12.3. The number of halogens is 3. The number of fused-ring (bicyclic) bond motifs is 1. The van der Waals surface area contributed by atoms with Crippen molar-refractivity contribution in [2.24, 2.45) is 0 Å². The van der Waals surface area contributed by atoms with E-state index in [-0.39, 0.29) is 47.1 Å². The molecule has 0 saturated carbocycles. The molecule has 10 heteroatoms. The third-order valence-electron chi connectivity index (χ3n) is 5.32. The minimum absolute atomic E-state index is 0. The molecule has 0 fully saturated rings. The number of nitrogens with one attached hydrogen (secondary N) is 1. The number of benzene rings is 3. The van der Waals surface area contributed by atoms with Crippen molar-refractivity contribution in [3.05, 3.63) is 87.4 Å². The average Bonchev–Trinajstić information content (AvgIpc) is 2.79. The van der Waals surface area contributed by atoms with Gasteiger partial charge in [0.25, 0.3) is 5.91 Å². The Labute approximate surface area is 239 Å². The minimum atomic E-state index is -1.17. The fourth-order valence-corrected chi connectivity index (χ4v) is 4.36. The van der Waals surface area contributed by atoms with Crippen LogP contribution in [0.5, 0.6) is 17.2 Å². The van der Waals surface area contributed by atoms with E-state index in [1.807, 2.05) is 12.1 Å². The van der Waals surface area contributed by atoms with Gasteiger partial charge in [-0.25, -0.2) is 0 Å². The van der Waals surface area contributed by atoms with Gasteiger partial charge in [-0.2, -0.15) is 0 Å². The number of carbonyl (C=O) groups excluding carboxylic acids is 2. The van der Waals surface area contributed by atoms with Crippen LogP contribution in [0.2, 0.25) is 10.0 Å². The number of carboxylic acids is 1. The molecular weight excluding hydrogens is 524 g/mol. The van der Waals surface area contributed by atoms with Crippen LogP contribution in [0.15, 0.2) is 60.7 Å². The quantitative estimate of drug-likeness (QED) is 0.280. The van der Waals surface area contributed by atoms with Crippen LogP contribution in [0.25, 0.3) is 0 Å². The topological polar surface area (TPSA) is 87.7 Å². The summed E-state index contributed by atoms with van der Waals surface area (Å²) in [6, 6.07) is 16.8. The van der Waals surface area contributed by atoms with Gasteiger partial charge in [-0.15, -0.1) is 0 Å². The Kier molecular flexibility index (Phi) is 9.76. The third kappa shape index (κ3) is 7.06. The molecule has 3 aromatic rings. The molecule has 0 aromatic heterocycles. The van der Waals surface area contributed by atoms with Crippen molar-refractivity contribution in [1.29, 1.82) is 0 Å². The van der Waals surface area contributed by atoms with Crippen LogP contribution in [-0.4, -0.2) is 24.0 Å². The Bertz CT molecular complexity index is 1220. The standard InChI is InChI=1S/C25H20Cl3NO5.Na/c26-16-3-1-2-14(10-16)11-23(28)29-24(30)15-4-6-17(7-5-15)34-22-13-21-19(12-20(22)27)18(25(31)32)8-9-33-21;/h1-7,10,12-13,18,23H,8-9,11H2,(H,29,30)(H,31,32);/q;+1/p-1. The summed E-state index contributed by atoms with van der Waals surface area (Å²) in [6.07, 6.45) is 0.740. The average molecular weight is 543 g/mol. The van der Waals surface area contributed by atoms with Crippen molar-refractivity contribution in [3.8, 4) is 17.2 Å². The first-order valence-corrected chi connectivity index (χ1v) is 11.6. The molecule has 2 unspecified atom stereocenters. The van der Waals surface area contributed by atoms with Crippen LogP contribution >= 0.6 is 34.8 Å². The molecule has 4 rings (SSSR count). The van der Waals surface area contributed by atoms with E-state index in [4.69, 9.17) is 44.3 Å². The van der Waals surface area contributed by atoms with Crippen molar-refractivity contribution in [3.63, 3.8) is 0 Å². The van der Waals surface area contributed by atoms with Gasteiger partial charge in [0.2, 0.25) is 0 Å². The summed E-state index contributed by atoms with van der Waals surface area (Å²) in [5.74, 6) is -1.15. The summed E-state index contributed by atoms with van der Waals surface area (Å²) in [7, 11) is 0. The Morgan fingerprint density at radius 3 is 2.54 bits per heavy atom. The summed E-state index contributed by atoms with van der Waals surface area (Å²) in [5, 5.41) is 15.0. The zero-order chi connectivity index (χ0) is 24.2. The van der Waals surface area contributed by atoms with Crippen LogP contribution < -0.4 is 49.5 Å². The summed E-state index contributed by atoms with van der Waals surface area (Å²) in [5.41, 5.74) is 1.17. The molecule has 0 bridgehead atoms. The van der Waals surface area contributed by atoms with E-state index >= 15 is 0 Å². The Hall–Kier alpha value is -1.93. The van der Waals surface area contributed by atoms with Crippen molar-refractivity contribution in [2.75, 3.05) is 6.61 Å². The van der Waals surface area contributed by atoms with Gasteiger partial charge < -0.3 is 24.7 Å². The largest absolute Gasteiger partial charge is 1.00 e. The second-order valence-electron chi connectivity index (χ2n) is 7.73. The predicted molar refractivity (Wildman–Crippen MR) is 128 cm³/mol. The van der Waals surface area contributed by atoms with Gasteiger partial charge in [0.05, 0.1) is 11.6 Å². The number of alkyl halides is 1. The number of carboxylic acid groups (broad SMARTS) is 1. The van der Waals surface area contributed by atoms with Gasteiger partial charge in [0.1, 0.15) is 22.7 Å². The molecule has 176 valence electrons. The van der Waals surface area contributed by atoms with Crippen LogP contribution in [0.3, 0.4) is 0 Å². The maximum absolute atomic E-state index is 12.5. The van der Waals surface area contributed by atoms with Gasteiger partial charge in [0.15, 0.2) is 0 Å². The molecule has 35 heavy (non-hydrogen) atoms. The Morgan fingerprint density at radius 1 is 1.11 bits per heavy atom. The summed E-state index contributed by atoms with van der Waals surface area (Å²) in [6.45, 7) is 0.259. The number of hydrogen-bond acceptors (Lipinski definition) is 5. The van der Waals surface area contributed by atoms with Gasteiger partial charge in [-0.3, -0.25) is 4.79 Å². The zero-order valence-electron chi connectivity index (χ0n) is 18.7. The van der Waals surface area contributed by atoms with Crippen LogP contribution in [0.4, 0.5) is 0 Å². The number of ether oxygens (including phenoxy) is 2. The van der Waals surface area contributed by atoms with Crippen molar-refractivity contribution in [2.45, 2.75) is 24.3 Å². The summed E-state index contributed by atoms with van der Waals surface area (Å²) in [4.78, 5) is 23.9. The molecule has 1 aliphatic rings. The van der Waals surface area contributed by atoms with Gasteiger partial charge >= 0.3 is 29.6 Å². The van der Waals surface area contributed by atoms with Crippen molar-refractivity contribution >= 4 is 46.7 Å². The number of rotatable bonds is 7. The van der Waals surface area contributed by atoms with E-state index in [1.54, 1.807) is 42.5 Å². The monoisotopic (exact) mass is 541 g/mol. The first-order valence-electron chi connectivity index (χ1n) is 10.4. The van der Waals surface area contributed by atoms with Gasteiger partial charge in [-0.05, 0) is 54.4 Å². The fraction of sp³-hybridized carbons (Fsp3) is 0.200. The Morgan fingerprint density at radius 2 is 1.86 bits per heavy atom. The molecule has 0 radical (unpaired) electrons. The molecule has 1 amide bonds. The molecule has 3 aromatic carbocycles.